The molecule has 0 fully saturated rings. The third-order valence-electron chi connectivity index (χ3n) is 4.26. The molecule has 1 amide bonds. The molecule has 0 bridgehead atoms. The number of nitrogens with zero attached hydrogens (tertiary/aromatic N) is 2. The molecule has 0 atom stereocenters. The van der Waals surface area contributed by atoms with E-state index in [-0.39, 0.29) is 5.91 Å². The fraction of sp³-hybridized carbons (Fsp3) is 0.421. The van der Waals surface area contributed by atoms with E-state index in [1.54, 1.807) is 0 Å². The molecule has 7 heteroatoms. The third-order valence-corrected chi connectivity index (χ3v) is 4.26. The minimum atomic E-state index is -1.18. The molecule has 0 spiro atoms. The lowest BCUT2D eigenvalue weighted by molar-refractivity contribution is -0.146. The maximum atomic E-state index is 12.0. The second-order valence-electron chi connectivity index (χ2n) is 6.78. The average molecular weight is 359 g/mol. The highest BCUT2D eigenvalue weighted by Gasteiger charge is 2.30. The molecule has 0 aliphatic carbocycles. The number of aromatic nitrogens is 2. The quantitative estimate of drug-likeness (QED) is 0.706. The molecule has 2 rings (SSSR count). The number of carbonyl (C=O) groups is 2. The van der Waals surface area contributed by atoms with Crippen LogP contribution < -0.4 is 10.1 Å². The van der Waals surface area contributed by atoms with Crippen molar-refractivity contribution < 1.29 is 19.4 Å². The lowest BCUT2D eigenvalue weighted by atomic mass is 10.1. The Hall–Kier alpha value is -2.83. The molecule has 140 valence electrons. The van der Waals surface area contributed by atoms with Crippen molar-refractivity contribution in [2.24, 2.45) is 0 Å². The van der Waals surface area contributed by atoms with E-state index in [1.165, 1.54) is 42.0 Å². The first kappa shape index (κ1) is 19.5. The summed E-state index contributed by atoms with van der Waals surface area (Å²) in [7, 11) is 0. The Bertz CT molecular complexity index is 796. The van der Waals surface area contributed by atoms with Gasteiger partial charge in [-0.1, -0.05) is 6.07 Å². The zero-order valence-electron chi connectivity index (χ0n) is 15.6. The number of benzene rings is 1. The van der Waals surface area contributed by atoms with Crippen molar-refractivity contribution in [2.75, 3.05) is 11.9 Å². The summed E-state index contributed by atoms with van der Waals surface area (Å²) in [6.45, 7) is 7.60. The van der Waals surface area contributed by atoms with Crippen LogP contribution in [0, 0.1) is 13.8 Å². The molecule has 1 aromatic heterocycles. The molecular weight excluding hydrogens is 334 g/mol. The van der Waals surface area contributed by atoms with Crippen molar-refractivity contribution in [1.29, 1.82) is 0 Å². The van der Waals surface area contributed by atoms with Gasteiger partial charge < -0.3 is 15.2 Å². The number of ether oxygens (including phenoxy) is 1. The monoisotopic (exact) mass is 359 g/mol. The Balaban J connectivity index is 1.78. The van der Waals surface area contributed by atoms with Gasteiger partial charge in [-0.3, -0.25) is 9.48 Å². The number of carboxylic acid groups (broad SMARTS) is 1. The normalized spacial score (nSPS) is 11.2. The average Bonchev–Trinajstić information content (AvgIpc) is 3.04. The van der Waals surface area contributed by atoms with E-state index in [0.717, 1.165) is 5.75 Å². The number of carboxylic acids is 1. The van der Waals surface area contributed by atoms with Crippen molar-refractivity contribution in [1.82, 2.24) is 9.78 Å². The fourth-order valence-corrected chi connectivity index (χ4v) is 2.24. The van der Waals surface area contributed by atoms with Gasteiger partial charge in [0.2, 0.25) is 5.91 Å². The summed E-state index contributed by atoms with van der Waals surface area (Å²) in [6.07, 6.45) is 3.83. The highest BCUT2D eigenvalue weighted by molar-refractivity contribution is 5.90. The van der Waals surface area contributed by atoms with Gasteiger partial charge in [-0.2, -0.15) is 5.10 Å². The third kappa shape index (κ3) is 4.84. The first-order chi connectivity index (χ1) is 12.2. The van der Waals surface area contributed by atoms with Crippen LogP contribution in [0.4, 0.5) is 5.69 Å². The van der Waals surface area contributed by atoms with Gasteiger partial charge in [-0.05, 0) is 57.4 Å². The Kier molecular flexibility index (Phi) is 6.02. The largest absolute Gasteiger partial charge is 0.494 e. The van der Waals surface area contributed by atoms with Crippen molar-refractivity contribution >= 4 is 17.6 Å². The summed E-state index contributed by atoms with van der Waals surface area (Å²) in [5.41, 5.74) is 1.67. The molecule has 2 aromatic rings. The minimum absolute atomic E-state index is 0.165. The Morgan fingerprint density at radius 1 is 1.27 bits per heavy atom. The SMILES string of the molecule is Cc1ccc(OCCCC(=O)Nc2cnn(C(C)(C)C(=O)O)c2)cc1C. The molecule has 0 aliphatic rings. The Morgan fingerprint density at radius 2 is 2.00 bits per heavy atom. The first-order valence-electron chi connectivity index (χ1n) is 8.48. The molecule has 1 aromatic carbocycles. The second kappa shape index (κ2) is 8.03. The number of carbonyl (C=O) groups excluding carboxylic acids is 1. The summed E-state index contributed by atoms with van der Waals surface area (Å²) >= 11 is 0. The van der Waals surface area contributed by atoms with Crippen LogP contribution in [0.2, 0.25) is 0 Å². The van der Waals surface area contributed by atoms with Gasteiger partial charge in [0.15, 0.2) is 5.54 Å². The van der Waals surface area contributed by atoms with Crippen LogP contribution in [0.3, 0.4) is 0 Å². The minimum Gasteiger partial charge on any atom is -0.494 e. The van der Waals surface area contributed by atoms with Crippen LogP contribution >= 0.6 is 0 Å². The number of aryl methyl sites for hydroxylation is 2. The predicted octanol–water partition coefficient (Wildman–Crippen LogP) is 3.12. The molecule has 26 heavy (non-hydrogen) atoms. The molecule has 7 nitrogen and oxygen atoms in total. The smallest absolute Gasteiger partial charge is 0.331 e. The molecule has 0 radical (unpaired) electrons. The number of hydrogen-bond donors (Lipinski definition) is 2. The van der Waals surface area contributed by atoms with Crippen molar-refractivity contribution in [3.05, 3.63) is 41.7 Å². The van der Waals surface area contributed by atoms with Crippen LogP contribution in [0.1, 0.15) is 37.8 Å². The highest BCUT2D eigenvalue weighted by atomic mass is 16.5. The van der Waals surface area contributed by atoms with Gasteiger partial charge in [-0.25, -0.2) is 4.79 Å². The Morgan fingerprint density at radius 3 is 2.65 bits per heavy atom. The van der Waals surface area contributed by atoms with Crippen LogP contribution in [-0.4, -0.2) is 33.4 Å². The highest BCUT2D eigenvalue weighted by Crippen LogP contribution is 2.18. The lowest BCUT2D eigenvalue weighted by Crippen LogP contribution is -2.35. The summed E-state index contributed by atoms with van der Waals surface area (Å²) < 4.78 is 6.97. The van der Waals surface area contributed by atoms with Crippen molar-refractivity contribution in [3.63, 3.8) is 0 Å². The van der Waals surface area contributed by atoms with Gasteiger partial charge in [0, 0.05) is 12.6 Å². The van der Waals surface area contributed by atoms with E-state index in [1.807, 2.05) is 32.0 Å². The van der Waals surface area contributed by atoms with Crippen LogP contribution in [0.25, 0.3) is 0 Å². The number of aliphatic carboxylic acids is 1. The van der Waals surface area contributed by atoms with Crippen molar-refractivity contribution in [3.8, 4) is 5.75 Å². The van der Waals surface area contributed by atoms with E-state index >= 15 is 0 Å². The Labute approximate surface area is 153 Å². The van der Waals surface area contributed by atoms with Gasteiger partial charge in [-0.15, -0.1) is 0 Å². The number of nitrogens with one attached hydrogen (secondary N) is 1. The predicted molar refractivity (Wildman–Crippen MR) is 98.5 cm³/mol. The standard InChI is InChI=1S/C19H25N3O4/c1-13-7-8-16(10-14(13)2)26-9-5-6-17(23)21-15-11-20-22(12-15)19(3,4)18(24)25/h7-8,10-12H,5-6,9H2,1-4H3,(H,21,23)(H,24,25). The summed E-state index contributed by atoms with van der Waals surface area (Å²) in [4.78, 5) is 23.2. The van der Waals surface area contributed by atoms with E-state index in [2.05, 4.69) is 10.4 Å². The topological polar surface area (TPSA) is 93.5 Å². The van der Waals surface area contributed by atoms with Crippen LogP contribution in [0.5, 0.6) is 5.75 Å². The zero-order valence-corrected chi connectivity index (χ0v) is 15.6. The lowest BCUT2D eigenvalue weighted by Gasteiger charge is -2.19. The summed E-state index contributed by atoms with van der Waals surface area (Å²) in [5, 5.41) is 15.9. The van der Waals surface area contributed by atoms with Gasteiger partial charge >= 0.3 is 5.97 Å². The van der Waals surface area contributed by atoms with Crippen LogP contribution in [0.15, 0.2) is 30.6 Å². The number of amides is 1. The van der Waals surface area contributed by atoms with Gasteiger partial charge in [0.05, 0.1) is 18.5 Å². The van der Waals surface area contributed by atoms with E-state index in [9.17, 15) is 14.7 Å². The molecule has 0 saturated heterocycles. The maximum absolute atomic E-state index is 12.0. The van der Waals surface area contributed by atoms with Gasteiger partial charge in [0.1, 0.15) is 5.75 Å². The van der Waals surface area contributed by atoms with Gasteiger partial charge in [0.25, 0.3) is 0 Å². The molecule has 0 saturated carbocycles. The summed E-state index contributed by atoms with van der Waals surface area (Å²) in [6, 6.07) is 5.91. The maximum Gasteiger partial charge on any atom is 0.331 e. The van der Waals surface area contributed by atoms with E-state index in [4.69, 9.17) is 4.74 Å². The van der Waals surface area contributed by atoms with E-state index in [0.29, 0.717) is 25.1 Å². The summed E-state index contributed by atoms with van der Waals surface area (Å²) in [5.74, 6) is -0.367. The van der Waals surface area contributed by atoms with Crippen LogP contribution in [-0.2, 0) is 15.1 Å². The second-order valence-corrected chi connectivity index (χ2v) is 6.78. The zero-order chi connectivity index (χ0) is 19.3. The van der Waals surface area contributed by atoms with E-state index < -0.39 is 11.5 Å². The molecule has 2 N–H and O–H groups in total. The molecular formula is C19H25N3O4. The fourth-order valence-electron chi connectivity index (χ4n) is 2.24. The number of rotatable bonds is 8. The number of anilines is 1. The molecule has 1 heterocycles. The number of hydrogen-bond acceptors (Lipinski definition) is 4. The molecule has 0 aliphatic heterocycles. The first-order valence-corrected chi connectivity index (χ1v) is 8.48. The van der Waals surface area contributed by atoms with Crippen molar-refractivity contribution in [2.45, 2.75) is 46.1 Å². The molecule has 0 unspecified atom stereocenters.